The standard InChI is InChI=1S/C28H26FN3O6S/c1-37-22-12-7-17(15-23(22)38-2)13-14-32-25(33)16-24(39-28(32)31-21-6-4-3-5-20(21)29)26(34)30-19-10-8-18(9-11-19)27(35)36/h3-12,15,24H,13-14,16H2,1-2H3,(H,30,34)(H,35,36). The summed E-state index contributed by atoms with van der Waals surface area (Å²) in [5.74, 6) is -1.27. The molecule has 2 N–H and O–H groups in total. The van der Waals surface area contributed by atoms with E-state index < -0.39 is 22.9 Å². The van der Waals surface area contributed by atoms with Crippen molar-refractivity contribution in [3.63, 3.8) is 0 Å². The zero-order valence-electron chi connectivity index (χ0n) is 21.2. The highest BCUT2D eigenvalue weighted by molar-refractivity contribution is 8.15. The van der Waals surface area contributed by atoms with Crippen molar-refractivity contribution in [3.8, 4) is 11.5 Å². The molecule has 3 aromatic rings. The number of aromatic carboxylic acids is 1. The van der Waals surface area contributed by atoms with Gasteiger partial charge < -0.3 is 19.9 Å². The molecule has 1 fully saturated rings. The number of carbonyl (C=O) groups excluding carboxylic acids is 2. The van der Waals surface area contributed by atoms with Crippen LogP contribution < -0.4 is 14.8 Å². The van der Waals surface area contributed by atoms with Crippen molar-refractivity contribution in [1.82, 2.24) is 4.90 Å². The van der Waals surface area contributed by atoms with E-state index in [9.17, 15) is 18.8 Å². The number of ether oxygens (including phenoxy) is 2. The first kappa shape index (κ1) is 27.6. The van der Waals surface area contributed by atoms with E-state index in [0.29, 0.717) is 23.6 Å². The van der Waals surface area contributed by atoms with Gasteiger partial charge in [0, 0.05) is 18.7 Å². The van der Waals surface area contributed by atoms with Crippen LogP contribution in [0.1, 0.15) is 22.3 Å². The van der Waals surface area contributed by atoms with Gasteiger partial charge in [0.05, 0.1) is 19.8 Å². The minimum Gasteiger partial charge on any atom is -0.493 e. The fourth-order valence-corrected chi connectivity index (χ4v) is 5.02. The minimum atomic E-state index is -1.08. The number of aliphatic imine (C=N–C) groups is 1. The van der Waals surface area contributed by atoms with Crippen molar-refractivity contribution in [3.05, 3.63) is 83.7 Å². The summed E-state index contributed by atoms with van der Waals surface area (Å²) in [5, 5.41) is 11.2. The Kier molecular flexibility index (Phi) is 8.82. The third kappa shape index (κ3) is 6.74. The van der Waals surface area contributed by atoms with Crippen LogP contribution in [0.5, 0.6) is 11.5 Å². The third-order valence-electron chi connectivity index (χ3n) is 5.97. The van der Waals surface area contributed by atoms with Gasteiger partial charge >= 0.3 is 5.97 Å². The molecule has 0 aliphatic carbocycles. The van der Waals surface area contributed by atoms with Gasteiger partial charge in [-0.3, -0.25) is 14.5 Å². The molecule has 1 atom stereocenters. The number of amides is 2. The Morgan fingerprint density at radius 1 is 1.08 bits per heavy atom. The number of halogens is 1. The quantitative estimate of drug-likeness (QED) is 0.394. The van der Waals surface area contributed by atoms with Gasteiger partial charge in [0.25, 0.3) is 0 Å². The van der Waals surface area contributed by atoms with Gasteiger partial charge in [-0.2, -0.15) is 0 Å². The molecule has 1 heterocycles. The number of methoxy groups -OCH3 is 2. The van der Waals surface area contributed by atoms with Crippen molar-refractivity contribution in [1.29, 1.82) is 0 Å². The molecular weight excluding hydrogens is 525 g/mol. The molecule has 202 valence electrons. The first-order valence-electron chi connectivity index (χ1n) is 11.9. The molecule has 3 aromatic carbocycles. The number of carboxylic acid groups (broad SMARTS) is 1. The van der Waals surface area contributed by atoms with Gasteiger partial charge in [-0.15, -0.1) is 0 Å². The Hall–Kier alpha value is -4.38. The number of benzene rings is 3. The Morgan fingerprint density at radius 3 is 2.46 bits per heavy atom. The smallest absolute Gasteiger partial charge is 0.335 e. The van der Waals surface area contributed by atoms with E-state index in [2.05, 4.69) is 10.3 Å². The fraction of sp³-hybridized carbons (Fsp3) is 0.214. The maximum atomic E-state index is 14.4. The molecule has 0 bridgehead atoms. The molecule has 1 aliphatic heterocycles. The Bertz CT molecular complexity index is 1410. The van der Waals surface area contributed by atoms with E-state index in [1.54, 1.807) is 25.3 Å². The first-order valence-corrected chi connectivity index (χ1v) is 12.8. The summed E-state index contributed by atoms with van der Waals surface area (Å²) in [6.07, 6.45) is 0.363. The highest BCUT2D eigenvalue weighted by atomic mass is 32.2. The fourth-order valence-electron chi connectivity index (χ4n) is 3.90. The van der Waals surface area contributed by atoms with Crippen molar-refractivity contribution in [2.24, 2.45) is 4.99 Å². The van der Waals surface area contributed by atoms with Crippen LogP contribution in [0.2, 0.25) is 0 Å². The van der Waals surface area contributed by atoms with Gasteiger partial charge in [-0.1, -0.05) is 30.0 Å². The lowest BCUT2D eigenvalue weighted by atomic mass is 10.1. The highest BCUT2D eigenvalue weighted by Gasteiger charge is 2.36. The second-order valence-electron chi connectivity index (χ2n) is 8.51. The summed E-state index contributed by atoms with van der Waals surface area (Å²) < 4.78 is 25.1. The third-order valence-corrected chi connectivity index (χ3v) is 7.16. The molecule has 0 radical (unpaired) electrons. The van der Waals surface area contributed by atoms with Gasteiger partial charge in [-0.05, 0) is 60.5 Å². The molecule has 39 heavy (non-hydrogen) atoms. The van der Waals surface area contributed by atoms with Crippen LogP contribution >= 0.6 is 11.8 Å². The Balaban J connectivity index is 1.55. The molecule has 9 nitrogen and oxygen atoms in total. The Labute approximate surface area is 228 Å². The summed E-state index contributed by atoms with van der Waals surface area (Å²) in [7, 11) is 3.08. The van der Waals surface area contributed by atoms with Crippen LogP contribution in [0.4, 0.5) is 15.8 Å². The van der Waals surface area contributed by atoms with Crippen molar-refractivity contribution >= 4 is 46.1 Å². The van der Waals surface area contributed by atoms with Crippen LogP contribution in [0.25, 0.3) is 0 Å². The van der Waals surface area contributed by atoms with Crippen LogP contribution in [-0.2, 0) is 16.0 Å². The Morgan fingerprint density at radius 2 is 1.79 bits per heavy atom. The average molecular weight is 552 g/mol. The lowest BCUT2D eigenvalue weighted by Gasteiger charge is -2.32. The highest BCUT2D eigenvalue weighted by Crippen LogP contribution is 2.32. The second-order valence-corrected chi connectivity index (χ2v) is 9.68. The number of thioether (sulfide) groups is 1. The van der Waals surface area contributed by atoms with Gasteiger partial charge in [0.2, 0.25) is 11.8 Å². The number of hydrogen-bond acceptors (Lipinski definition) is 7. The molecule has 1 aliphatic rings. The predicted octanol–water partition coefficient (Wildman–Crippen LogP) is 4.74. The normalized spacial score (nSPS) is 16.2. The molecule has 0 aromatic heterocycles. The zero-order valence-corrected chi connectivity index (χ0v) is 22.0. The molecule has 11 heteroatoms. The van der Waals surface area contributed by atoms with E-state index >= 15 is 0 Å². The van der Waals surface area contributed by atoms with Crippen molar-refractivity contribution in [2.45, 2.75) is 18.1 Å². The number of carbonyl (C=O) groups is 3. The number of carboxylic acids is 1. The van der Waals surface area contributed by atoms with E-state index in [1.807, 2.05) is 12.1 Å². The topological polar surface area (TPSA) is 118 Å². The van der Waals surface area contributed by atoms with Crippen LogP contribution in [0.3, 0.4) is 0 Å². The largest absolute Gasteiger partial charge is 0.493 e. The zero-order chi connectivity index (χ0) is 27.9. The lowest BCUT2D eigenvalue weighted by Crippen LogP contribution is -2.46. The number of hydrogen-bond donors (Lipinski definition) is 2. The van der Waals surface area contributed by atoms with E-state index in [1.165, 1.54) is 48.4 Å². The summed E-state index contributed by atoms with van der Waals surface area (Å²) in [4.78, 5) is 43.2. The molecule has 1 unspecified atom stereocenters. The molecule has 1 saturated heterocycles. The molecule has 0 saturated carbocycles. The van der Waals surface area contributed by atoms with E-state index in [-0.39, 0.29) is 35.3 Å². The number of nitrogens with one attached hydrogen (secondary N) is 1. The maximum Gasteiger partial charge on any atom is 0.335 e. The van der Waals surface area contributed by atoms with Crippen molar-refractivity contribution in [2.75, 3.05) is 26.1 Å². The summed E-state index contributed by atoms with van der Waals surface area (Å²) >= 11 is 1.07. The van der Waals surface area contributed by atoms with Crippen LogP contribution in [-0.4, -0.2) is 59.0 Å². The summed E-state index contributed by atoms with van der Waals surface area (Å²) in [6.45, 7) is 0.250. The van der Waals surface area contributed by atoms with Gasteiger partial charge in [0.1, 0.15) is 16.8 Å². The molecule has 4 rings (SSSR count). The molecule has 0 spiro atoms. The SMILES string of the molecule is COc1ccc(CCN2C(=O)CC(C(=O)Nc3ccc(C(=O)O)cc3)SC2=Nc2ccccc2F)cc1OC. The first-order chi connectivity index (χ1) is 18.8. The monoisotopic (exact) mass is 551 g/mol. The van der Waals surface area contributed by atoms with Crippen LogP contribution in [0, 0.1) is 5.82 Å². The van der Waals surface area contributed by atoms with Gasteiger partial charge in [-0.25, -0.2) is 14.2 Å². The average Bonchev–Trinajstić information content (AvgIpc) is 2.93. The lowest BCUT2D eigenvalue weighted by molar-refractivity contribution is -0.129. The second kappa shape index (κ2) is 12.4. The number of para-hydroxylation sites is 1. The molecule has 2 amide bonds. The number of amidine groups is 1. The maximum absolute atomic E-state index is 14.4. The van der Waals surface area contributed by atoms with Gasteiger partial charge in [0.15, 0.2) is 16.7 Å². The van der Waals surface area contributed by atoms with Crippen molar-refractivity contribution < 1.29 is 33.4 Å². The number of anilines is 1. The predicted molar refractivity (Wildman–Crippen MR) is 146 cm³/mol. The summed E-state index contributed by atoms with van der Waals surface area (Å²) in [5.41, 5.74) is 1.41. The number of rotatable bonds is 9. The summed E-state index contributed by atoms with van der Waals surface area (Å²) in [6, 6.07) is 17.1. The van der Waals surface area contributed by atoms with E-state index in [4.69, 9.17) is 14.6 Å². The minimum absolute atomic E-state index is 0.0502. The van der Waals surface area contributed by atoms with Crippen LogP contribution in [0.15, 0.2) is 71.7 Å². The molecular formula is C28H26FN3O6S. The number of nitrogens with zero attached hydrogens (tertiary/aromatic N) is 2. The van der Waals surface area contributed by atoms with E-state index in [0.717, 1.165) is 17.3 Å².